The molecule has 1 heterocycles. The number of aliphatic carboxylic acids is 1. The first kappa shape index (κ1) is 13.3. The number of carboxylic acids is 1. The fourth-order valence-corrected chi connectivity index (χ4v) is 1.98. The third kappa shape index (κ3) is 2.89. The van der Waals surface area contributed by atoms with E-state index < -0.39 is 18.1 Å². The fraction of sp³-hybridized carbons (Fsp3) is 0.800. The molecule has 0 saturated carbocycles. The first-order valence-electron chi connectivity index (χ1n) is 5.42. The normalized spacial score (nSPS) is 24.9. The van der Waals surface area contributed by atoms with E-state index in [1.807, 2.05) is 0 Å². The summed E-state index contributed by atoms with van der Waals surface area (Å²) in [6.07, 6.45) is 2.18. The Morgan fingerprint density at radius 2 is 2.12 bits per heavy atom. The zero-order chi connectivity index (χ0) is 12.3. The van der Waals surface area contributed by atoms with Crippen LogP contribution in [0.25, 0.3) is 0 Å². The minimum absolute atomic E-state index is 0.274. The van der Waals surface area contributed by atoms with Gasteiger partial charge in [0.15, 0.2) is 0 Å². The van der Waals surface area contributed by atoms with Crippen LogP contribution >= 0.6 is 12.6 Å². The van der Waals surface area contributed by atoms with E-state index in [2.05, 4.69) is 12.6 Å². The highest BCUT2D eigenvalue weighted by molar-refractivity contribution is 7.81. The minimum Gasteiger partial charge on any atom is -0.480 e. The van der Waals surface area contributed by atoms with Gasteiger partial charge in [0, 0.05) is 11.8 Å². The number of nitrogens with zero attached hydrogens (tertiary/aromatic N) is 1. The maximum atomic E-state index is 11.9. The van der Waals surface area contributed by atoms with Crippen molar-refractivity contribution in [2.24, 2.45) is 5.73 Å². The Morgan fingerprint density at radius 1 is 1.50 bits per heavy atom. The second-order valence-electron chi connectivity index (χ2n) is 4.15. The Bertz CT molecular complexity index is 283. The number of amides is 1. The van der Waals surface area contributed by atoms with Crippen LogP contribution in [-0.4, -0.2) is 45.8 Å². The number of piperidine rings is 1. The molecule has 0 bridgehead atoms. The molecule has 0 aromatic rings. The van der Waals surface area contributed by atoms with Crippen molar-refractivity contribution in [2.75, 3.05) is 6.54 Å². The van der Waals surface area contributed by atoms with E-state index in [4.69, 9.17) is 10.8 Å². The van der Waals surface area contributed by atoms with Crippen molar-refractivity contribution in [2.45, 2.75) is 43.5 Å². The summed E-state index contributed by atoms with van der Waals surface area (Å²) in [6.45, 7) is 2.20. The van der Waals surface area contributed by atoms with Crippen LogP contribution in [0.3, 0.4) is 0 Å². The number of carboxylic acid groups (broad SMARTS) is 1. The number of nitrogens with two attached hydrogens (primary N) is 1. The summed E-state index contributed by atoms with van der Waals surface area (Å²) in [5.74, 6) is -1.26. The lowest BCUT2D eigenvalue weighted by atomic mass is 10.0. The number of hydrogen-bond donors (Lipinski definition) is 3. The molecule has 0 radical (unpaired) electrons. The van der Waals surface area contributed by atoms with Gasteiger partial charge in [-0.05, 0) is 19.3 Å². The van der Waals surface area contributed by atoms with E-state index in [-0.39, 0.29) is 11.2 Å². The highest BCUT2D eigenvalue weighted by atomic mass is 32.1. The molecule has 0 aromatic carbocycles. The topological polar surface area (TPSA) is 83.6 Å². The van der Waals surface area contributed by atoms with E-state index in [0.29, 0.717) is 13.0 Å². The SMILES string of the molecule is CC(S)[C@H](N)C(=O)N1CCCCC1C(=O)O. The summed E-state index contributed by atoms with van der Waals surface area (Å²) >= 11 is 4.11. The molecule has 1 fully saturated rings. The predicted octanol–water partition coefficient (Wildman–Crippen LogP) is 0.0977. The second-order valence-corrected chi connectivity index (χ2v) is 4.96. The Morgan fingerprint density at radius 3 is 2.62 bits per heavy atom. The lowest BCUT2D eigenvalue weighted by molar-refractivity contribution is -0.152. The van der Waals surface area contributed by atoms with Crippen LogP contribution in [0.5, 0.6) is 0 Å². The summed E-state index contributed by atoms with van der Waals surface area (Å²) < 4.78 is 0. The van der Waals surface area contributed by atoms with Crippen molar-refractivity contribution in [3.63, 3.8) is 0 Å². The quantitative estimate of drug-likeness (QED) is 0.617. The molecule has 1 rings (SSSR count). The fourth-order valence-electron chi connectivity index (χ4n) is 1.85. The van der Waals surface area contributed by atoms with E-state index in [1.54, 1.807) is 6.92 Å². The Hall–Kier alpha value is -0.750. The van der Waals surface area contributed by atoms with Gasteiger partial charge in [0.25, 0.3) is 0 Å². The van der Waals surface area contributed by atoms with Crippen molar-refractivity contribution < 1.29 is 14.7 Å². The van der Waals surface area contributed by atoms with Crippen LogP contribution < -0.4 is 5.73 Å². The monoisotopic (exact) mass is 246 g/mol. The van der Waals surface area contributed by atoms with Crippen LogP contribution in [0.1, 0.15) is 26.2 Å². The van der Waals surface area contributed by atoms with Gasteiger partial charge in [0.05, 0.1) is 6.04 Å². The second kappa shape index (κ2) is 5.54. The number of rotatable bonds is 3. The van der Waals surface area contributed by atoms with Crippen molar-refractivity contribution in [3.05, 3.63) is 0 Å². The Balaban J connectivity index is 2.75. The summed E-state index contributed by atoms with van der Waals surface area (Å²) in [5.41, 5.74) is 5.69. The third-order valence-corrected chi connectivity index (χ3v) is 3.20. The van der Waals surface area contributed by atoms with Crippen molar-refractivity contribution in [1.29, 1.82) is 0 Å². The van der Waals surface area contributed by atoms with Crippen molar-refractivity contribution in [3.8, 4) is 0 Å². The standard InChI is InChI=1S/C10H18N2O3S/c1-6(16)8(11)9(13)12-5-3-2-4-7(12)10(14)15/h6-8,16H,2-5,11H2,1H3,(H,14,15)/t6?,7?,8-/m0/s1. The molecular weight excluding hydrogens is 228 g/mol. The largest absolute Gasteiger partial charge is 0.480 e. The Kier molecular flexibility index (Phi) is 4.61. The van der Waals surface area contributed by atoms with Gasteiger partial charge in [0.2, 0.25) is 5.91 Å². The van der Waals surface area contributed by atoms with Crippen LogP contribution in [0.15, 0.2) is 0 Å². The zero-order valence-corrected chi connectivity index (χ0v) is 10.2. The third-order valence-electron chi connectivity index (χ3n) is 2.88. The molecule has 3 atom stereocenters. The van der Waals surface area contributed by atoms with Gasteiger partial charge in [-0.2, -0.15) is 12.6 Å². The molecule has 1 aliphatic heterocycles. The maximum Gasteiger partial charge on any atom is 0.326 e. The molecule has 5 nitrogen and oxygen atoms in total. The van der Waals surface area contributed by atoms with Gasteiger partial charge in [-0.25, -0.2) is 4.79 Å². The highest BCUT2D eigenvalue weighted by Crippen LogP contribution is 2.19. The maximum absolute atomic E-state index is 11.9. The van der Waals surface area contributed by atoms with Gasteiger partial charge in [-0.1, -0.05) is 6.92 Å². The van der Waals surface area contributed by atoms with Crippen LogP contribution in [0.4, 0.5) is 0 Å². The van der Waals surface area contributed by atoms with Gasteiger partial charge in [-0.3, -0.25) is 4.79 Å². The summed E-state index contributed by atoms with van der Waals surface area (Å²) in [4.78, 5) is 24.3. The summed E-state index contributed by atoms with van der Waals surface area (Å²) in [5, 5.41) is 8.75. The molecule has 1 saturated heterocycles. The summed E-state index contributed by atoms with van der Waals surface area (Å²) in [6, 6.07) is -1.46. The van der Waals surface area contributed by atoms with Crippen LogP contribution in [0, 0.1) is 0 Å². The molecule has 6 heteroatoms. The lowest BCUT2D eigenvalue weighted by Gasteiger charge is -2.35. The molecule has 92 valence electrons. The number of carbonyl (C=O) groups is 2. The molecule has 0 aromatic heterocycles. The molecular formula is C10H18N2O3S. The molecule has 0 spiro atoms. The lowest BCUT2D eigenvalue weighted by Crippen LogP contribution is -2.55. The number of hydrogen-bond acceptors (Lipinski definition) is 4. The molecule has 1 aliphatic rings. The van der Waals surface area contributed by atoms with Gasteiger partial charge >= 0.3 is 5.97 Å². The first-order valence-corrected chi connectivity index (χ1v) is 5.93. The minimum atomic E-state index is -0.952. The van der Waals surface area contributed by atoms with Gasteiger partial charge < -0.3 is 15.7 Å². The highest BCUT2D eigenvalue weighted by Gasteiger charge is 2.35. The molecule has 1 amide bonds. The van der Waals surface area contributed by atoms with E-state index in [9.17, 15) is 9.59 Å². The van der Waals surface area contributed by atoms with E-state index >= 15 is 0 Å². The number of likely N-dealkylation sites (tertiary alicyclic amines) is 1. The van der Waals surface area contributed by atoms with Gasteiger partial charge in [-0.15, -0.1) is 0 Å². The molecule has 0 aliphatic carbocycles. The van der Waals surface area contributed by atoms with Gasteiger partial charge in [0.1, 0.15) is 6.04 Å². The molecule has 3 N–H and O–H groups in total. The van der Waals surface area contributed by atoms with Crippen LogP contribution in [-0.2, 0) is 9.59 Å². The van der Waals surface area contributed by atoms with Crippen molar-refractivity contribution in [1.82, 2.24) is 4.90 Å². The predicted molar refractivity (Wildman–Crippen MR) is 63.4 cm³/mol. The molecule has 16 heavy (non-hydrogen) atoms. The smallest absolute Gasteiger partial charge is 0.326 e. The van der Waals surface area contributed by atoms with Crippen molar-refractivity contribution >= 4 is 24.5 Å². The summed E-state index contributed by atoms with van der Waals surface area (Å²) in [7, 11) is 0. The van der Waals surface area contributed by atoms with Crippen LogP contribution in [0.2, 0.25) is 0 Å². The zero-order valence-electron chi connectivity index (χ0n) is 9.30. The average molecular weight is 246 g/mol. The molecule has 2 unspecified atom stereocenters. The number of carbonyl (C=O) groups excluding carboxylic acids is 1. The van der Waals surface area contributed by atoms with E-state index in [0.717, 1.165) is 12.8 Å². The number of thiol groups is 1. The Labute approximate surface area is 100 Å². The van der Waals surface area contributed by atoms with E-state index in [1.165, 1.54) is 4.90 Å². The average Bonchev–Trinajstić information content (AvgIpc) is 2.26. The first-order chi connectivity index (χ1) is 7.45.